The molecule has 1 aliphatic heterocycles. The van der Waals surface area contributed by atoms with E-state index in [1.54, 1.807) is 16.4 Å². The molecule has 1 aliphatic rings. The fourth-order valence-corrected chi connectivity index (χ4v) is 6.32. The molecule has 4 aromatic carbocycles. The standard InChI is InChI=1S/C27H22N2O3S/c30-33(31,23-14-12-20-9-4-5-10-21(20)17-23)29-16-6-11-25(29)27-28-24-18-22(13-15-26(24)32-27)19-7-2-1-3-8-19/h1-5,7-10,12-15,17-18,25H,6,11,16H2/t25-/m1/s1. The summed E-state index contributed by atoms with van der Waals surface area (Å²) in [5.41, 5.74) is 3.56. The summed E-state index contributed by atoms with van der Waals surface area (Å²) in [6.45, 7) is 0.452. The van der Waals surface area contributed by atoms with Gasteiger partial charge in [0, 0.05) is 6.54 Å². The molecule has 0 unspecified atom stereocenters. The number of sulfonamides is 1. The maximum absolute atomic E-state index is 13.6. The molecular weight excluding hydrogens is 432 g/mol. The second-order valence-electron chi connectivity index (χ2n) is 8.38. The maximum atomic E-state index is 13.6. The summed E-state index contributed by atoms with van der Waals surface area (Å²) in [6, 6.07) is 28.7. The third-order valence-electron chi connectivity index (χ3n) is 6.33. The van der Waals surface area contributed by atoms with Crippen molar-refractivity contribution in [1.29, 1.82) is 0 Å². The predicted molar refractivity (Wildman–Crippen MR) is 129 cm³/mol. The number of rotatable bonds is 4. The first kappa shape index (κ1) is 20.1. The van der Waals surface area contributed by atoms with Crippen LogP contribution >= 0.6 is 0 Å². The molecule has 0 aliphatic carbocycles. The summed E-state index contributed by atoms with van der Waals surface area (Å²) in [5.74, 6) is 0.456. The number of hydrogen-bond acceptors (Lipinski definition) is 4. The molecule has 0 spiro atoms. The molecule has 164 valence electrons. The van der Waals surface area contributed by atoms with Gasteiger partial charge in [-0.2, -0.15) is 4.31 Å². The second kappa shape index (κ2) is 7.83. The molecular formula is C27H22N2O3S. The van der Waals surface area contributed by atoms with E-state index in [0.29, 0.717) is 29.3 Å². The van der Waals surface area contributed by atoms with Gasteiger partial charge in [-0.15, -0.1) is 0 Å². The Hall–Kier alpha value is -3.48. The quantitative estimate of drug-likeness (QED) is 0.326. The van der Waals surface area contributed by atoms with Gasteiger partial charge in [0.05, 0.1) is 4.90 Å². The summed E-state index contributed by atoms with van der Waals surface area (Å²) >= 11 is 0. The minimum Gasteiger partial charge on any atom is -0.439 e. The lowest BCUT2D eigenvalue weighted by molar-refractivity contribution is 0.337. The van der Waals surface area contributed by atoms with Gasteiger partial charge in [-0.25, -0.2) is 13.4 Å². The van der Waals surface area contributed by atoms with Crippen molar-refractivity contribution in [2.75, 3.05) is 6.54 Å². The summed E-state index contributed by atoms with van der Waals surface area (Å²) in [4.78, 5) is 5.02. The van der Waals surface area contributed by atoms with Gasteiger partial charge in [0.1, 0.15) is 11.6 Å². The van der Waals surface area contributed by atoms with E-state index in [-0.39, 0.29) is 0 Å². The Bertz CT molecular complexity index is 1580. The molecule has 1 atom stereocenters. The molecule has 1 saturated heterocycles. The highest BCUT2D eigenvalue weighted by Crippen LogP contribution is 2.38. The molecule has 0 bridgehead atoms. The maximum Gasteiger partial charge on any atom is 0.243 e. The first-order valence-corrected chi connectivity index (χ1v) is 12.5. The molecule has 6 heteroatoms. The minimum atomic E-state index is -3.68. The first-order valence-electron chi connectivity index (χ1n) is 11.1. The van der Waals surface area contributed by atoms with Crippen LogP contribution in [0.25, 0.3) is 33.0 Å². The summed E-state index contributed by atoms with van der Waals surface area (Å²) in [5, 5.41) is 1.92. The van der Waals surface area contributed by atoms with Crippen LogP contribution in [0.1, 0.15) is 24.8 Å². The Balaban J connectivity index is 1.36. The van der Waals surface area contributed by atoms with E-state index in [1.807, 2.05) is 66.7 Å². The number of fused-ring (bicyclic) bond motifs is 2. The van der Waals surface area contributed by atoms with Gasteiger partial charge in [0.25, 0.3) is 0 Å². The lowest BCUT2D eigenvalue weighted by atomic mass is 10.1. The van der Waals surface area contributed by atoms with Gasteiger partial charge in [-0.05, 0) is 59.0 Å². The van der Waals surface area contributed by atoms with E-state index in [4.69, 9.17) is 9.40 Å². The molecule has 1 fully saturated rings. The normalized spacial score (nSPS) is 17.2. The van der Waals surface area contributed by atoms with E-state index in [2.05, 4.69) is 12.1 Å². The highest BCUT2D eigenvalue weighted by molar-refractivity contribution is 7.89. The van der Waals surface area contributed by atoms with E-state index in [9.17, 15) is 8.42 Å². The van der Waals surface area contributed by atoms with Gasteiger partial charge in [-0.1, -0.05) is 66.7 Å². The zero-order chi connectivity index (χ0) is 22.4. The van der Waals surface area contributed by atoms with Crippen LogP contribution in [-0.4, -0.2) is 24.3 Å². The first-order chi connectivity index (χ1) is 16.1. The van der Waals surface area contributed by atoms with Crippen LogP contribution in [0.15, 0.2) is 100 Å². The zero-order valence-electron chi connectivity index (χ0n) is 17.9. The molecule has 0 amide bonds. The number of benzene rings is 4. The van der Waals surface area contributed by atoms with Crippen LogP contribution in [0.2, 0.25) is 0 Å². The van der Waals surface area contributed by atoms with Gasteiger partial charge >= 0.3 is 0 Å². The minimum absolute atomic E-state index is 0.301. The van der Waals surface area contributed by atoms with Crippen molar-refractivity contribution in [1.82, 2.24) is 9.29 Å². The smallest absolute Gasteiger partial charge is 0.243 e. The highest BCUT2D eigenvalue weighted by atomic mass is 32.2. The van der Waals surface area contributed by atoms with Crippen LogP contribution < -0.4 is 0 Å². The molecule has 1 aromatic heterocycles. The summed E-state index contributed by atoms with van der Waals surface area (Å²) in [6.07, 6.45) is 1.46. The molecule has 2 heterocycles. The Morgan fingerprint density at radius 3 is 2.45 bits per heavy atom. The van der Waals surface area contributed by atoms with Gasteiger partial charge < -0.3 is 4.42 Å². The van der Waals surface area contributed by atoms with Crippen LogP contribution in [0, 0.1) is 0 Å². The Morgan fingerprint density at radius 1 is 0.818 bits per heavy atom. The average molecular weight is 455 g/mol. The second-order valence-corrected chi connectivity index (χ2v) is 10.3. The van der Waals surface area contributed by atoms with Crippen molar-refractivity contribution in [2.24, 2.45) is 0 Å². The van der Waals surface area contributed by atoms with E-state index >= 15 is 0 Å². The van der Waals surface area contributed by atoms with E-state index < -0.39 is 16.1 Å². The molecule has 0 radical (unpaired) electrons. The third-order valence-corrected chi connectivity index (χ3v) is 8.23. The lowest BCUT2D eigenvalue weighted by Gasteiger charge is -2.22. The van der Waals surface area contributed by atoms with Crippen LogP contribution in [-0.2, 0) is 10.0 Å². The molecule has 0 N–H and O–H groups in total. The summed E-state index contributed by atoms with van der Waals surface area (Å²) < 4.78 is 34.7. The van der Waals surface area contributed by atoms with Crippen LogP contribution in [0.5, 0.6) is 0 Å². The van der Waals surface area contributed by atoms with Crippen molar-refractivity contribution >= 4 is 31.9 Å². The van der Waals surface area contributed by atoms with Crippen molar-refractivity contribution in [3.8, 4) is 11.1 Å². The largest absolute Gasteiger partial charge is 0.439 e. The van der Waals surface area contributed by atoms with E-state index in [1.165, 1.54) is 0 Å². The van der Waals surface area contributed by atoms with Crippen LogP contribution in [0.4, 0.5) is 0 Å². The summed E-state index contributed by atoms with van der Waals surface area (Å²) in [7, 11) is -3.68. The van der Waals surface area contributed by atoms with Crippen molar-refractivity contribution in [3.63, 3.8) is 0 Å². The number of hydrogen-bond donors (Lipinski definition) is 0. The molecule has 5 aromatic rings. The SMILES string of the molecule is O=S(=O)(c1ccc2ccccc2c1)N1CCC[C@@H]1c1nc2cc(-c3ccccc3)ccc2o1. The van der Waals surface area contributed by atoms with Gasteiger partial charge in [-0.3, -0.25) is 0 Å². The van der Waals surface area contributed by atoms with Crippen LogP contribution in [0.3, 0.4) is 0 Å². The molecule has 6 rings (SSSR count). The molecule has 0 saturated carbocycles. The average Bonchev–Trinajstić information content (AvgIpc) is 3.51. The zero-order valence-corrected chi connectivity index (χ0v) is 18.7. The number of nitrogens with zero attached hydrogens (tertiary/aromatic N) is 2. The van der Waals surface area contributed by atoms with Gasteiger partial charge in [0.15, 0.2) is 5.58 Å². The van der Waals surface area contributed by atoms with Crippen molar-refractivity contribution in [3.05, 3.63) is 96.9 Å². The monoisotopic (exact) mass is 454 g/mol. The van der Waals surface area contributed by atoms with Crippen molar-refractivity contribution in [2.45, 2.75) is 23.8 Å². The fourth-order valence-electron chi connectivity index (χ4n) is 4.64. The van der Waals surface area contributed by atoms with E-state index in [0.717, 1.165) is 33.8 Å². The third kappa shape index (κ3) is 3.52. The molecule has 33 heavy (non-hydrogen) atoms. The Kier molecular flexibility index (Phi) is 4.78. The topological polar surface area (TPSA) is 63.4 Å². The number of aromatic nitrogens is 1. The lowest BCUT2D eigenvalue weighted by Crippen LogP contribution is -2.30. The predicted octanol–water partition coefficient (Wildman–Crippen LogP) is 6.17. The molecule has 5 nitrogen and oxygen atoms in total. The fraction of sp³-hybridized carbons (Fsp3) is 0.148. The van der Waals surface area contributed by atoms with Gasteiger partial charge in [0.2, 0.25) is 15.9 Å². The highest BCUT2D eigenvalue weighted by Gasteiger charge is 2.39. The van der Waals surface area contributed by atoms with Crippen molar-refractivity contribution < 1.29 is 12.8 Å². The Labute approximate surface area is 192 Å². The Morgan fingerprint density at radius 2 is 1.61 bits per heavy atom. The number of oxazole rings is 1.